The van der Waals surface area contributed by atoms with Crippen LogP contribution in [0.4, 0.5) is 14.9 Å². The van der Waals surface area contributed by atoms with E-state index in [0.717, 1.165) is 23.1 Å². The molecule has 0 aliphatic carbocycles. The number of thioether (sulfide) groups is 1. The van der Waals surface area contributed by atoms with Gasteiger partial charge in [-0.15, -0.1) is 11.8 Å². The molecule has 0 unspecified atom stereocenters. The molecule has 1 aromatic carbocycles. The van der Waals surface area contributed by atoms with Gasteiger partial charge >= 0.3 is 6.09 Å². The van der Waals surface area contributed by atoms with E-state index in [4.69, 9.17) is 4.74 Å². The van der Waals surface area contributed by atoms with Gasteiger partial charge in [-0.2, -0.15) is 0 Å². The van der Waals surface area contributed by atoms with Crippen molar-refractivity contribution < 1.29 is 18.7 Å². The van der Waals surface area contributed by atoms with Crippen molar-refractivity contribution in [3.8, 4) is 11.1 Å². The number of pyridine rings is 1. The average Bonchev–Trinajstić information content (AvgIpc) is 2.71. The fourth-order valence-electron chi connectivity index (χ4n) is 3.93. The Bertz CT molecular complexity index is 978. The number of carbonyl (C=O) groups excluding carboxylic acids is 2. The largest absolute Gasteiger partial charge is 0.444 e. The first-order valence-electron chi connectivity index (χ1n) is 10.7. The Labute approximate surface area is 192 Å². The number of halogens is 1. The summed E-state index contributed by atoms with van der Waals surface area (Å²) in [5.74, 6) is -0.326. The van der Waals surface area contributed by atoms with Crippen molar-refractivity contribution in [1.29, 1.82) is 0 Å². The fourth-order valence-corrected chi connectivity index (χ4v) is 4.46. The summed E-state index contributed by atoms with van der Waals surface area (Å²) in [6.45, 7) is 8.61. The third-order valence-electron chi connectivity index (χ3n) is 5.25. The summed E-state index contributed by atoms with van der Waals surface area (Å²) >= 11 is 1.41. The zero-order chi connectivity index (χ0) is 23.5. The van der Waals surface area contributed by atoms with Crippen LogP contribution < -0.4 is 10.2 Å². The zero-order valence-corrected chi connectivity index (χ0v) is 20.0. The lowest BCUT2D eigenvalue weighted by atomic mass is 9.97. The molecule has 1 aliphatic rings. The number of nitrogens with zero attached hydrogens (tertiary/aromatic N) is 2. The molecule has 8 heteroatoms. The molecular formula is C24H30FN3O3S. The molecule has 1 N–H and O–H groups in total. The van der Waals surface area contributed by atoms with E-state index in [1.165, 1.54) is 23.9 Å². The molecule has 3 rings (SSSR count). The first-order chi connectivity index (χ1) is 15.1. The molecule has 1 aromatic heterocycles. The lowest BCUT2D eigenvalue weighted by Gasteiger charge is -2.36. The molecule has 2 aromatic rings. The number of alkyl carbamates (subject to hydrolysis) is 1. The Hall–Kier alpha value is -2.61. The highest BCUT2D eigenvalue weighted by Crippen LogP contribution is 2.38. The lowest BCUT2D eigenvalue weighted by molar-refractivity contribution is 0.0497. The van der Waals surface area contributed by atoms with E-state index in [0.29, 0.717) is 42.1 Å². The standard InChI is InChI=1S/C24H30FN3O3S/c1-15-10-16(12-17(25)11-15)19-13-26-22(32-5)20(14-29)21(19)28-8-6-18(7-9-28)27-23(30)31-24(2,3)4/h10-14,18H,6-9H2,1-5H3,(H,27,30). The Balaban J connectivity index is 1.88. The van der Waals surface area contributed by atoms with Gasteiger partial charge in [-0.1, -0.05) is 6.07 Å². The number of piperidine rings is 1. The van der Waals surface area contributed by atoms with Crippen LogP contribution in [-0.4, -0.2) is 48.4 Å². The second kappa shape index (κ2) is 9.90. The van der Waals surface area contributed by atoms with Crippen molar-refractivity contribution in [1.82, 2.24) is 10.3 Å². The molecule has 1 aliphatic heterocycles. The predicted octanol–water partition coefficient (Wildman–Crippen LogP) is 5.22. The van der Waals surface area contributed by atoms with Gasteiger partial charge in [0.25, 0.3) is 0 Å². The molecule has 0 saturated carbocycles. The van der Waals surface area contributed by atoms with Gasteiger partial charge in [-0.05, 0) is 70.1 Å². The summed E-state index contributed by atoms with van der Waals surface area (Å²) in [6, 6.07) is 4.83. The van der Waals surface area contributed by atoms with E-state index < -0.39 is 11.7 Å². The number of rotatable bonds is 5. The van der Waals surface area contributed by atoms with Crippen molar-refractivity contribution in [2.45, 2.75) is 57.2 Å². The number of hydrogen-bond donors (Lipinski definition) is 1. The fraction of sp³-hybridized carbons (Fsp3) is 0.458. The maximum Gasteiger partial charge on any atom is 0.407 e. The lowest BCUT2D eigenvalue weighted by Crippen LogP contribution is -2.46. The summed E-state index contributed by atoms with van der Waals surface area (Å²) in [4.78, 5) is 30.8. The molecule has 0 atom stereocenters. The summed E-state index contributed by atoms with van der Waals surface area (Å²) in [6.07, 6.45) is 5.41. The Morgan fingerprint density at radius 3 is 2.53 bits per heavy atom. The van der Waals surface area contributed by atoms with Gasteiger partial charge in [0.2, 0.25) is 0 Å². The van der Waals surface area contributed by atoms with Crippen LogP contribution in [0.25, 0.3) is 11.1 Å². The summed E-state index contributed by atoms with van der Waals surface area (Å²) in [5, 5.41) is 3.58. The van der Waals surface area contributed by atoms with Crippen LogP contribution in [0, 0.1) is 12.7 Å². The molecule has 1 amide bonds. The minimum absolute atomic E-state index is 0.0116. The second-order valence-electron chi connectivity index (χ2n) is 8.99. The Morgan fingerprint density at radius 1 is 1.28 bits per heavy atom. The van der Waals surface area contributed by atoms with Crippen LogP contribution in [0.3, 0.4) is 0 Å². The number of benzene rings is 1. The average molecular weight is 460 g/mol. The number of carbonyl (C=O) groups is 2. The van der Waals surface area contributed by atoms with E-state index in [2.05, 4.69) is 15.2 Å². The number of aromatic nitrogens is 1. The highest BCUT2D eigenvalue weighted by atomic mass is 32.2. The Kier molecular flexibility index (Phi) is 7.44. The van der Waals surface area contributed by atoms with Crippen LogP contribution in [0.15, 0.2) is 29.4 Å². The third-order valence-corrected chi connectivity index (χ3v) is 5.96. The van der Waals surface area contributed by atoms with Crippen molar-refractivity contribution in [2.24, 2.45) is 0 Å². The summed E-state index contributed by atoms with van der Waals surface area (Å²) in [5.41, 5.74) is 2.94. The second-order valence-corrected chi connectivity index (χ2v) is 9.78. The van der Waals surface area contributed by atoms with Gasteiger partial charge in [-0.25, -0.2) is 14.2 Å². The topological polar surface area (TPSA) is 71.5 Å². The quantitative estimate of drug-likeness (QED) is 0.488. The summed E-state index contributed by atoms with van der Waals surface area (Å²) in [7, 11) is 0. The minimum atomic E-state index is -0.549. The monoisotopic (exact) mass is 459 g/mol. The van der Waals surface area contributed by atoms with E-state index in [-0.39, 0.29) is 11.9 Å². The van der Waals surface area contributed by atoms with Crippen molar-refractivity contribution in [3.05, 3.63) is 41.3 Å². The van der Waals surface area contributed by atoms with E-state index >= 15 is 0 Å². The minimum Gasteiger partial charge on any atom is -0.444 e. The third kappa shape index (κ3) is 5.79. The SMILES string of the molecule is CSc1ncc(-c2cc(C)cc(F)c2)c(N2CCC(NC(=O)OC(C)(C)C)CC2)c1C=O. The number of nitrogens with one attached hydrogen (secondary N) is 1. The number of amides is 1. The van der Waals surface area contributed by atoms with Crippen molar-refractivity contribution in [3.63, 3.8) is 0 Å². The zero-order valence-electron chi connectivity index (χ0n) is 19.2. The number of ether oxygens (including phenoxy) is 1. The first-order valence-corrected chi connectivity index (χ1v) is 11.9. The number of hydrogen-bond acceptors (Lipinski definition) is 6. The van der Waals surface area contributed by atoms with Gasteiger partial charge in [-0.3, -0.25) is 4.79 Å². The first kappa shape index (κ1) is 24.0. The highest BCUT2D eigenvalue weighted by molar-refractivity contribution is 7.98. The smallest absolute Gasteiger partial charge is 0.407 e. The summed E-state index contributed by atoms with van der Waals surface area (Å²) < 4.78 is 19.5. The van der Waals surface area contributed by atoms with Crippen molar-refractivity contribution in [2.75, 3.05) is 24.2 Å². The number of aryl methyl sites for hydroxylation is 1. The van der Waals surface area contributed by atoms with E-state index in [9.17, 15) is 14.0 Å². The number of aldehydes is 1. The molecule has 6 nitrogen and oxygen atoms in total. The normalized spacial score (nSPS) is 14.9. The van der Waals surface area contributed by atoms with E-state index in [1.807, 2.05) is 40.0 Å². The van der Waals surface area contributed by atoms with Crippen LogP contribution in [0.1, 0.15) is 49.5 Å². The molecule has 172 valence electrons. The molecule has 1 saturated heterocycles. The van der Waals surface area contributed by atoms with Crippen LogP contribution in [0.2, 0.25) is 0 Å². The van der Waals surface area contributed by atoms with E-state index in [1.54, 1.807) is 6.20 Å². The predicted molar refractivity (Wildman–Crippen MR) is 126 cm³/mol. The van der Waals surface area contributed by atoms with Crippen LogP contribution >= 0.6 is 11.8 Å². The molecule has 32 heavy (non-hydrogen) atoms. The molecule has 0 spiro atoms. The van der Waals surface area contributed by atoms with Gasteiger partial charge in [0.05, 0.1) is 11.3 Å². The number of anilines is 1. The van der Waals surface area contributed by atoms with Crippen LogP contribution in [-0.2, 0) is 4.74 Å². The molecule has 0 bridgehead atoms. The maximum atomic E-state index is 14.1. The molecule has 0 radical (unpaired) electrons. The van der Waals surface area contributed by atoms with Gasteiger partial charge in [0.15, 0.2) is 6.29 Å². The maximum absolute atomic E-state index is 14.1. The van der Waals surface area contributed by atoms with Gasteiger partial charge in [0, 0.05) is 30.9 Å². The molecule has 1 fully saturated rings. The highest BCUT2D eigenvalue weighted by Gasteiger charge is 2.27. The molecule has 2 heterocycles. The van der Waals surface area contributed by atoms with Gasteiger partial charge < -0.3 is 15.0 Å². The Morgan fingerprint density at radius 2 is 1.97 bits per heavy atom. The van der Waals surface area contributed by atoms with Crippen molar-refractivity contribution >= 4 is 29.8 Å². The van der Waals surface area contributed by atoms with Crippen LogP contribution in [0.5, 0.6) is 0 Å². The molecular weight excluding hydrogens is 429 g/mol. The van der Waals surface area contributed by atoms with Gasteiger partial charge in [0.1, 0.15) is 16.4 Å².